The summed E-state index contributed by atoms with van der Waals surface area (Å²) in [5, 5.41) is 3.12. The molecule has 0 aliphatic rings. The largest absolute Gasteiger partial charge is 0.369 e. The van der Waals surface area contributed by atoms with E-state index in [0.29, 0.717) is 6.54 Å². The van der Waals surface area contributed by atoms with Crippen LogP contribution in [0.5, 0.6) is 0 Å². The first-order valence-electron chi connectivity index (χ1n) is 6.20. The molecule has 0 saturated carbocycles. The summed E-state index contributed by atoms with van der Waals surface area (Å²) in [7, 11) is 1.93. The Hall–Kier alpha value is -2.17. The smallest absolute Gasteiger partial charge is 0.149 e. The normalized spacial score (nSPS) is 10.3. The maximum atomic E-state index is 12.8. The van der Waals surface area contributed by atoms with Gasteiger partial charge in [-0.05, 0) is 24.6 Å². The number of hydrogen-bond acceptors (Lipinski definition) is 4. The Balaban J connectivity index is 2.08. The van der Waals surface area contributed by atoms with E-state index in [4.69, 9.17) is 0 Å². The first-order valence-corrected chi connectivity index (χ1v) is 6.20. The second kappa shape index (κ2) is 6.13. The molecule has 0 unspecified atom stereocenters. The van der Waals surface area contributed by atoms with Gasteiger partial charge in [0.05, 0.1) is 12.4 Å². The lowest BCUT2D eigenvalue weighted by atomic mass is 10.2. The van der Waals surface area contributed by atoms with Crippen LogP contribution in [0.3, 0.4) is 0 Å². The Morgan fingerprint density at radius 1 is 1.21 bits per heavy atom. The summed E-state index contributed by atoms with van der Waals surface area (Å²) < 4.78 is 12.8. The van der Waals surface area contributed by atoms with Gasteiger partial charge < -0.3 is 10.2 Å². The quantitative estimate of drug-likeness (QED) is 0.897. The van der Waals surface area contributed by atoms with Crippen LogP contribution < -0.4 is 10.2 Å². The molecule has 1 N–H and O–H groups in total. The minimum Gasteiger partial charge on any atom is -0.369 e. The highest BCUT2D eigenvalue weighted by Gasteiger charge is 2.05. The van der Waals surface area contributed by atoms with Gasteiger partial charge in [0, 0.05) is 20.1 Å². The van der Waals surface area contributed by atoms with Gasteiger partial charge >= 0.3 is 0 Å². The summed E-state index contributed by atoms with van der Waals surface area (Å²) in [6.07, 6.45) is 3.41. The Morgan fingerprint density at radius 3 is 2.63 bits per heavy atom. The van der Waals surface area contributed by atoms with Crippen LogP contribution in [0.15, 0.2) is 36.7 Å². The zero-order chi connectivity index (χ0) is 13.7. The molecule has 0 saturated heterocycles. The van der Waals surface area contributed by atoms with Crippen molar-refractivity contribution in [1.82, 2.24) is 9.97 Å². The molecule has 1 aromatic heterocycles. The fourth-order valence-corrected chi connectivity index (χ4v) is 1.75. The molecule has 2 aromatic rings. The van der Waals surface area contributed by atoms with Crippen LogP contribution in [-0.4, -0.2) is 23.6 Å². The average molecular weight is 260 g/mol. The van der Waals surface area contributed by atoms with Crippen molar-refractivity contribution in [2.24, 2.45) is 0 Å². The van der Waals surface area contributed by atoms with Gasteiger partial charge in [-0.15, -0.1) is 0 Å². The van der Waals surface area contributed by atoms with E-state index < -0.39 is 0 Å². The molecule has 0 bridgehead atoms. The standard InChI is InChI=1S/C14H17FN4/c1-3-17-13-8-16-9-14(18-13)19(2)10-11-4-6-12(15)7-5-11/h4-9H,3,10H2,1-2H3,(H,17,18). The molecule has 1 heterocycles. The van der Waals surface area contributed by atoms with Gasteiger partial charge in [-0.25, -0.2) is 9.37 Å². The van der Waals surface area contributed by atoms with E-state index in [9.17, 15) is 4.39 Å². The molecular weight excluding hydrogens is 243 g/mol. The van der Waals surface area contributed by atoms with E-state index in [1.807, 2.05) is 18.9 Å². The minimum absolute atomic E-state index is 0.222. The van der Waals surface area contributed by atoms with Crippen LogP contribution in [0, 0.1) is 5.82 Å². The van der Waals surface area contributed by atoms with E-state index in [1.165, 1.54) is 12.1 Å². The van der Waals surface area contributed by atoms with Gasteiger partial charge in [0.1, 0.15) is 17.5 Å². The number of rotatable bonds is 5. The van der Waals surface area contributed by atoms with Crippen molar-refractivity contribution in [2.75, 3.05) is 23.8 Å². The number of nitrogens with one attached hydrogen (secondary N) is 1. The predicted octanol–water partition coefficient (Wildman–Crippen LogP) is 2.68. The van der Waals surface area contributed by atoms with Crippen molar-refractivity contribution in [3.8, 4) is 0 Å². The van der Waals surface area contributed by atoms with Gasteiger partial charge in [0.2, 0.25) is 0 Å². The highest BCUT2D eigenvalue weighted by Crippen LogP contribution is 2.14. The van der Waals surface area contributed by atoms with E-state index >= 15 is 0 Å². The Labute approximate surface area is 112 Å². The lowest BCUT2D eigenvalue weighted by molar-refractivity contribution is 0.627. The number of nitrogens with zero attached hydrogens (tertiary/aromatic N) is 3. The highest BCUT2D eigenvalue weighted by atomic mass is 19.1. The second-order valence-corrected chi connectivity index (χ2v) is 4.28. The summed E-state index contributed by atoms with van der Waals surface area (Å²) in [6, 6.07) is 6.47. The molecule has 0 aliphatic carbocycles. The number of benzene rings is 1. The third-order valence-electron chi connectivity index (χ3n) is 2.70. The lowest BCUT2D eigenvalue weighted by Crippen LogP contribution is -2.18. The average Bonchev–Trinajstić information content (AvgIpc) is 2.42. The van der Waals surface area contributed by atoms with Crippen molar-refractivity contribution in [2.45, 2.75) is 13.5 Å². The van der Waals surface area contributed by atoms with Crippen molar-refractivity contribution in [3.63, 3.8) is 0 Å². The van der Waals surface area contributed by atoms with Gasteiger partial charge in [-0.1, -0.05) is 12.1 Å². The Bertz CT molecular complexity index is 527. The molecule has 2 rings (SSSR count). The van der Waals surface area contributed by atoms with Crippen LogP contribution in [0.2, 0.25) is 0 Å². The van der Waals surface area contributed by atoms with Crippen molar-refractivity contribution in [3.05, 3.63) is 48.0 Å². The SMILES string of the molecule is CCNc1cncc(N(C)Cc2ccc(F)cc2)n1. The molecule has 0 aliphatic heterocycles. The first-order chi connectivity index (χ1) is 9.19. The maximum Gasteiger partial charge on any atom is 0.149 e. The van der Waals surface area contributed by atoms with E-state index in [2.05, 4.69) is 15.3 Å². The number of aromatic nitrogens is 2. The van der Waals surface area contributed by atoms with Crippen LogP contribution in [0.4, 0.5) is 16.0 Å². The highest BCUT2D eigenvalue weighted by molar-refractivity contribution is 5.43. The summed E-state index contributed by atoms with van der Waals surface area (Å²) >= 11 is 0. The molecule has 1 aromatic carbocycles. The summed E-state index contributed by atoms with van der Waals surface area (Å²) in [4.78, 5) is 10.6. The van der Waals surface area contributed by atoms with E-state index in [-0.39, 0.29) is 5.82 Å². The monoisotopic (exact) mass is 260 g/mol. The summed E-state index contributed by atoms with van der Waals surface area (Å²) in [5.74, 6) is 1.31. The topological polar surface area (TPSA) is 41.1 Å². The van der Waals surface area contributed by atoms with Crippen molar-refractivity contribution >= 4 is 11.6 Å². The van der Waals surface area contributed by atoms with Crippen molar-refractivity contribution in [1.29, 1.82) is 0 Å². The van der Waals surface area contributed by atoms with Crippen LogP contribution in [0.25, 0.3) is 0 Å². The molecule has 5 heteroatoms. The molecule has 0 fully saturated rings. The molecule has 0 atom stereocenters. The molecule has 4 nitrogen and oxygen atoms in total. The third-order valence-corrected chi connectivity index (χ3v) is 2.70. The molecule has 100 valence electrons. The van der Waals surface area contributed by atoms with Gasteiger partial charge in [-0.3, -0.25) is 4.98 Å². The fraction of sp³-hybridized carbons (Fsp3) is 0.286. The summed E-state index contributed by atoms with van der Waals surface area (Å²) in [5.41, 5.74) is 1.03. The second-order valence-electron chi connectivity index (χ2n) is 4.28. The minimum atomic E-state index is -0.222. The molecule has 19 heavy (non-hydrogen) atoms. The number of hydrogen-bond donors (Lipinski definition) is 1. The molecule has 0 amide bonds. The van der Waals surface area contributed by atoms with E-state index in [0.717, 1.165) is 23.7 Å². The van der Waals surface area contributed by atoms with Gasteiger partial charge in [-0.2, -0.15) is 0 Å². The number of halogens is 1. The molecular formula is C14H17FN4. The predicted molar refractivity (Wildman–Crippen MR) is 74.7 cm³/mol. The Kier molecular flexibility index (Phi) is 4.28. The molecule has 0 spiro atoms. The van der Waals surface area contributed by atoms with Crippen LogP contribution in [-0.2, 0) is 6.54 Å². The molecule has 0 radical (unpaired) electrons. The van der Waals surface area contributed by atoms with Crippen LogP contribution >= 0.6 is 0 Å². The third kappa shape index (κ3) is 3.64. The first kappa shape index (κ1) is 13.3. The van der Waals surface area contributed by atoms with E-state index in [1.54, 1.807) is 24.5 Å². The Morgan fingerprint density at radius 2 is 1.95 bits per heavy atom. The zero-order valence-corrected chi connectivity index (χ0v) is 11.1. The maximum absolute atomic E-state index is 12.8. The van der Waals surface area contributed by atoms with Gasteiger partial charge in [0.15, 0.2) is 0 Å². The van der Waals surface area contributed by atoms with Gasteiger partial charge in [0.25, 0.3) is 0 Å². The summed E-state index contributed by atoms with van der Waals surface area (Å²) in [6.45, 7) is 3.47. The van der Waals surface area contributed by atoms with Crippen LogP contribution in [0.1, 0.15) is 12.5 Å². The lowest BCUT2D eigenvalue weighted by Gasteiger charge is -2.18. The number of anilines is 2. The fourth-order valence-electron chi connectivity index (χ4n) is 1.75. The zero-order valence-electron chi connectivity index (χ0n) is 11.1. The van der Waals surface area contributed by atoms with Crippen molar-refractivity contribution < 1.29 is 4.39 Å².